The first-order chi connectivity index (χ1) is 14.2. The molecule has 0 heterocycles. The van der Waals surface area contributed by atoms with Crippen molar-refractivity contribution in [1.82, 2.24) is 0 Å². The summed E-state index contributed by atoms with van der Waals surface area (Å²) in [6.45, 7) is 6.20. The number of aliphatic hydroxyl groups is 2. The quantitative estimate of drug-likeness (QED) is 0.493. The Morgan fingerprint density at radius 2 is 1.13 bits per heavy atom. The molecule has 0 saturated heterocycles. The molecule has 2 atom stereocenters. The summed E-state index contributed by atoms with van der Waals surface area (Å²) < 4.78 is 0. The van der Waals surface area contributed by atoms with Crippen molar-refractivity contribution in [3.8, 4) is 0 Å². The molecule has 6 heteroatoms. The zero-order valence-corrected chi connectivity index (χ0v) is 17.9. The predicted octanol–water partition coefficient (Wildman–Crippen LogP) is 4.71. The Hall–Kier alpha value is -2.70. The van der Waals surface area contributed by atoms with Crippen molar-refractivity contribution in [1.29, 1.82) is 0 Å². The van der Waals surface area contributed by atoms with Crippen LogP contribution in [0.15, 0.2) is 60.7 Å². The van der Waals surface area contributed by atoms with Crippen LogP contribution < -0.4 is 0 Å². The smallest absolute Gasteiger partial charge is 0.335 e. The maximum atomic E-state index is 10.2. The molecule has 0 fully saturated rings. The van der Waals surface area contributed by atoms with Crippen LogP contribution in [0.4, 0.5) is 0 Å². The zero-order valence-electron chi connectivity index (χ0n) is 17.9. The van der Waals surface area contributed by atoms with E-state index in [0.717, 1.165) is 19.3 Å². The first-order valence-electron chi connectivity index (χ1n) is 10.1. The Morgan fingerprint density at radius 1 is 0.733 bits per heavy atom. The van der Waals surface area contributed by atoms with E-state index in [0.29, 0.717) is 23.5 Å². The van der Waals surface area contributed by atoms with Crippen molar-refractivity contribution in [2.75, 3.05) is 0 Å². The van der Waals surface area contributed by atoms with Gasteiger partial charge in [0.25, 0.3) is 0 Å². The number of carboxylic acid groups (broad SMARTS) is 2. The average molecular weight is 419 g/mol. The minimum atomic E-state index is -0.879. The molecule has 0 aromatic heterocycles. The summed E-state index contributed by atoms with van der Waals surface area (Å²) in [4.78, 5) is 20.4. The van der Waals surface area contributed by atoms with E-state index >= 15 is 0 Å². The fourth-order valence-electron chi connectivity index (χ4n) is 2.57. The average Bonchev–Trinajstić information content (AvgIpc) is 2.69. The minimum Gasteiger partial charge on any atom is -0.478 e. The molecule has 0 spiro atoms. The van der Waals surface area contributed by atoms with Gasteiger partial charge < -0.3 is 20.4 Å². The Balaban J connectivity index is 0.000000426. The molecular weight excluding hydrogens is 384 g/mol. The summed E-state index contributed by atoms with van der Waals surface area (Å²) in [6.07, 6.45) is 2.47. The molecule has 2 unspecified atom stereocenters. The number of aromatic carboxylic acids is 2. The Bertz CT molecular complexity index is 651. The normalized spacial score (nSPS) is 11.9. The second-order valence-corrected chi connectivity index (χ2v) is 7.30. The van der Waals surface area contributed by atoms with Crippen molar-refractivity contribution in [2.45, 2.75) is 58.7 Å². The van der Waals surface area contributed by atoms with E-state index < -0.39 is 11.9 Å². The van der Waals surface area contributed by atoms with Gasteiger partial charge in [0.05, 0.1) is 23.3 Å². The van der Waals surface area contributed by atoms with Crippen LogP contribution in [0, 0.1) is 5.92 Å². The molecule has 0 saturated carbocycles. The number of rotatable bonds is 8. The monoisotopic (exact) mass is 418 g/mol. The van der Waals surface area contributed by atoms with Crippen molar-refractivity contribution >= 4 is 11.9 Å². The maximum absolute atomic E-state index is 10.2. The molecule has 2 rings (SSSR count). The number of hydrogen-bond donors (Lipinski definition) is 4. The number of hydrogen-bond acceptors (Lipinski definition) is 4. The lowest BCUT2D eigenvalue weighted by atomic mass is 9.99. The Labute approximate surface area is 178 Å². The predicted molar refractivity (Wildman–Crippen MR) is 118 cm³/mol. The molecule has 30 heavy (non-hydrogen) atoms. The maximum Gasteiger partial charge on any atom is 0.335 e. The fraction of sp³-hybridized carbons (Fsp3) is 0.417. The second kappa shape index (κ2) is 16.1. The van der Waals surface area contributed by atoms with Crippen molar-refractivity contribution in [3.05, 3.63) is 71.8 Å². The van der Waals surface area contributed by atoms with Crippen molar-refractivity contribution in [3.63, 3.8) is 0 Å². The Kier molecular flexibility index (Phi) is 14.7. The number of benzene rings is 2. The second-order valence-electron chi connectivity index (χ2n) is 7.30. The molecule has 0 aliphatic carbocycles. The topological polar surface area (TPSA) is 115 Å². The molecule has 2 aromatic carbocycles. The lowest BCUT2D eigenvalue weighted by molar-refractivity contribution is 0.0636. The molecule has 6 nitrogen and oxygen atoms in total. The molecule has 0 bridgehead atoms. The summed E-state index contributed by atoms with van der Waals surface area (Å²) in [7, 11) is 0. The van der Waals surface area contributed by atoms with Crippen LogP contribution in [0.25, 0.3) is 0 Å². The third-order valence-corrected chi connectivity index (χ3v) is 3.95. The molecule has 0 aliphatic heterocycles. The van der Waals surface area contributed by atoms with Crippen molar-refractivity contribution < 1.29 is 30.0 Å². The largest absolute Gasteiger partial charge is 0.478 e. The number of carboxylic acids is 2. The Morgan fingerprint density at radius 3 is 1.40 bits per heavy atom. The summed E-state index contributed by atoms with van der Waals surface area (Å²) in [5.41, 5.74) is 0.662. The molecule has 0 amide bonds. The van der Waals surface area contributed by atoms with Crippen molar-refractivity contribution in [2.24, 2.45) is 5.92 Å². The minimum absolute atomic E-state index is 0.316. The van der Waals surface area contributed by atoms with Crippen LogP contribution >= 0.6 is 0 Å². The van der Waals surface area contributed by atoms with Crippen LogP contribution in [0.3, 0.4) is 0 Å². The number of carbonyl (C=O) groups is 2. The van der Waals surface area contributed by atoms with Crippen LogP contribution in [-0.2, 0) is 0 Å². The van der Waals surface area contributed by atoms with E-state index in [1.165, 1.54) is 0 Å². The first-order valence-corrected chi connectivity index (χ1v) is 10.1. The van der Waals surface area contributed by atoms with Gasteiger partial charge in [0, 0.05) is 0 Å². The van der Waals surface area contributed by atoms with Gasteiger partial charge >= 0.3 is 11.9 Å². The third-order valence-electron chi connectivity index (χ3n) is 3.95. The third kappa shape index (κ3) is 14.3. The highest BCUT2D eigenvalue weighted by molar-refractivity contribution is 5.87. The van der Waals surface area contributed by atoms with Crippen LogP contribution in [-0.4, -0.2) is 44.6 Å². The number of aliphatic hydroxyl groups excluding tert-OH is 2. The van der Waals surface area contributed by atoms with E-state index in [-0.39, 0.29) is 12.2 Å². The van der Waals surface area contributed by atoms with E-state index in [1.807, 2.05) is 6.92 Å². The van der Waals surface area contributed by atoms with E-state index in [9.17, 15) is 19.8 Å². The van der Waals surface area contributed by atoms with E-state index in [4.69, 9.17) is 10.2 Å². The highest BCUT2D eigenvalue weighted by Crippen LogP contribution is 2.12. The lowest BCUT2D eigenvalue weighted by Gasteiger charge is -2.16. The van der Waals surface area contributed by atoms with Crippen LogP contribution in [0.1, 0.15) is 67.2 Å². The molecule has 0 radical (unpaired) electrons. The summed E-state index contributed by atoms with van der Waals surface area (Å²) in [5.74, 6) is -1.25. The van der Waals surface area contributed by atoms with Gasteiger partial charge in [-0.05, 0) is 49.4 Å². The van der Waals surface area contributed by atoms with Gasteiger partial charge in [-0.2, -0.15) is 0 Å². The lowest BCUT2D eigenvalue weighted by Crippen LogP contribution is -2.19. The van der Waals surface area contributed by atoms with Gasteiger partial charge in [-0.15, -0.1) is 0 Å². The molecule has 2 aromatic rings. The zero-order chi connectivity index (χ0) is 22.9. The van der Waals surface area contributed by atoms with Crippen LogP contribution in [0.2, 0.25) is 0 Å². The van der Waals surface area contributed by atoms with E-state index in [2.05, 4.69) is 13.8 Å². The molecule has 0 aliphatic rings. The summed E-state index contributed by atoms with van der Waals surface area (Å²) in [5, 5.41) is 35.6. The standard InChI is InChI=1S/C10H22O2.2C7H6O2/c1-4-5-9(11)7-10(12)6-8(2)3;2*8-7(9)6-4-2-1-3-5-6/h8-12H,4-7H2,1-3H3;2*1-5H,(H,8,9). The summed E-state index contributed by atoms with van der Waals surface area (Å²) >= 11 is 0. The molecule has 166 valence electrons. The molecule has 4 N–H and O–H groups in total. The van der Waals surface area contributed by atoms with Gasteiger partial charge in [0.2, 0.25) is 0 Å². The van der Waals surface area contributed by atoms with Gasteiger partial charge in [-0.25, -0.2) is 9.59 Å². The van der Waals surface area contributed by atoms with Gasteiger partial charge in [-0.3, -0.25) is 0 Å². The SMILES string of the molecule is CCCC(O)CC(O)CC(C)C.O=C(O)c1ccccc1.O=C(O)c1ccccc1. The summed E-state index contributed by atoms with van der Waals surface area (Å²) in [6, 6.07) is 16.6. The van der Waals surface area contributed by atoms with Gasteiger partial charge in [0.15, 0.2) is 0 Å². The molecular formula is C24H34O6. The highest BCUT2D eigenvalue weighted by Gasteiger charge is 2.12. The highest BCUT2D eigenvalue weighted by atomic mass is 16.4. The fourth-order valence-corrected chi connectivity index (χ4v) is 2.57. The first kappa shape index (κ1) is 27.3. The van der Waals surface area contributed by atoms with Gasteiger partial charge in [-0.1, -0.05) is 63.6 Å². The van der Waals surface area contributed by atoms with Gasteiger partial charge in [0.1, 0.15) is 0 Å². The van der Waals surface area contributed by atoms with Crippen LogP contribution in [0.5, 0.6) is 0 Å². The van der Waals surface area contributed by atoms with E-state index in [1.54, 1.807) is 60.7 Å².